The molecule has 0 bridgehead atoms. The van der Waals surface area contributed by atoms with Gasteiger partial charge in [-0.15, -0.1) is 0 Å². The first kappa shape index (κ1) is 13.4. The number of hydrogen-bond donors (Lipinski definition) is 1. The maximum Gasteiger partial charge on any atom is 0.211 e. The van der Waals surface area contributed by atoms with Crippen LogP contribution in [0.25, 0.3) is 0 Å². The van der Waals surface area contributed by atoms with E-state index in [4.69, 9.17) is 10.00 Å². The molecule has 1 N–H and O–H groups in total. The summed E-state index contributed by atoms with van der Waals surface area (Å²) in [4.78, 5) is 0. The van der Waals surface area contributed by atoms with Crippen LogP contribution >= 0.6 is 0 Å². The topological polar surface area (TPSA) is 79.2 Å². The Morgan fingerprint density at radius 3 is 2.71 bits per heavy atom. The zero-order chi connectivity index (χ0) is 10.9. The number of rotatable bonds is 8. The second-order valence-electron chi connectivity index (χ2n) is 2.82. The van der Waals surface area contributed by atoms with Crippen LogP contribution in [0.1, 0.15) is 19.3 Å². The van der Waals surface area contributed by atoms with Gasteiger partial charge in [0, 0.05) is 26.7 Å². The summed E-state index contributed by atoms with van der Waals surface area (Å²) < 4.78 is 29.6. The highest BCUT2D eigenvalue weighted by atomic mass is 32.2. The second kappa shape index (κ2) is 7.74. The summed E-state index contributed by atoms with van der Waals surface area (Å²) in [6.45, 7) is 0.780. The van der Waals surface area contributed by atoms with Gasteiger partial charge in [-0.05, 0) is 12.8 Å². The molecule has 0 saturated heterocycles. The molecule has 0 radical (unpaired) electrons. The summed E-state index contributed by atoms with van der Waals surface area (Å²) >= 11 is 0. The van der Waals surface area contributed by atoms with Crippen molar-refractivity contribution >= 4 is 10.0 Å². The zero-order valence-electron chi connectivity index (χ0n) is 8.32. The van der Waals surface area contributed by atoms with Gasteiger partial charge in [-0.2, -0.15) is 5.26 Å². The molecule has 0 rings (SSSR count). The molecule has 0 atom stereocenters. The van der Waals surface area contributed by atoms with E-state index in [1.165, 1.54) is 7.11 Å². The minimum atomic E-state index is -3.17. The first-order valence-corrected chi connectivity index (χ1v) is 6.11. The Labute approximate surface area is 85.1 Å². The van der Waals surface area contributed by atoms with Crippen LogP contribution in [-0.4, -0.2) is 34.4 Å². The van der Waals surface area contributed by atoms with Gasteiger partial charge >= 0.3 is 0 Å². The monoisotopic (exact) mass is 220 g/mol. The molecule has 0 aliphatic heterocycles. The standard InChI is InChI=1S/C8H16N2O3S/c1-13-7-4-8-14(11,12)10-6-3-2-5-9/h10H,2-4,6-8H2,1H3. The van der Waals surface area contributed by atoms with Crippen LogP contribution in [0.15, 0.2) is 0 Å². The van der Waals surface area contributed by atoms with E-state index in [0.717, 1.165) is 0 Å². The van der Waals surface area contributed by atoms with Gasteiger partial charge in [-0.3, -0.25) is 0 Å². The molecular weight excluding hydrogens is 204 g/mol. The van der Waals surface area contributed by atoms with Crippen LogP contribution < -0.4 is 4.72 Å². The fraction of sp³-hybridized carbons (Fsp3) is 0.875. The van der Waals surface area contributed by atoms with Crippen molar-refractivity contribution in [3.63, 3.8) is 0 Å². The fourth-order valence-corrected chi connectivity index (χ4v) is 1.96. The lowest BCUT2D eigenvalue weighted by Gasteiger charge is -2.04. The largest absolute Gasteiger partial charge is 0.385 e. The molecule has 0 heterocycles. The average Bonchev–Trinajstić information content (AvgIpc) is 2.13. The summed E-state index contributed by atoms with van der Waals surface area (Å²) in [6.07, 6.45) is 1.42. The summed E-state index contributed by atoms with van der Waals surface area (Å²) in [5.41, 5.74) is 0. The number of nitriles is 1. The van der Waals surface area contributed by atoms with E-state index in [2.05, 4.69) is 4.72 Å². The van der Waals surface area contributed by atoms with Crippen molar-refractivity contribution in [3.05, 3.63) is 0 Å². The molecule has 0 saturated carbocycles. The Morgan fingerprint density at radius 2 is 2.14 bits per heavy atom. The van der Waals surface area contributed by atoms with Crippen molar-refractivity contribution in [3.8, 4) is 6.07 Å². The number of nitrogens with one attached hydrogen (secondary N) is 1. The third-order valence-electron chi connectivity index (χ3n) is 1.55. The van der Waals surface area contributed by atoms with Crippen LogP contribution in [-0.2, 0) is 14.8 Å². The molecule has 0 fully saturated rings. The highest BCUT2D eigenvalue weighted by Gasteiger charge is 2.07. The number of methoxy groups -OCH3 is 1. The first-order valence-electron chi connectivity index (χ1n) is 4.45. The molecule has 0 amide bonds. The number of nitrogens with zero attached hydrogens (tertiary/aromatic N) is 1. The normalized spacial score (nSPS) is 11.1. The van der Waals surface area contributed by atoms with Gasteiger partial charge in [0.25, 0.3) is 0 Å². The molecule has 0 aromatic carbocycles. The number of hydrogen-bond acceptors (Lipinski definition) is 4. The Bertz CT molecular complexity index is 269. The molecule has 0 spiro atoms. The van der Waals surface area contributed by atoms with E-state index in [-0.39, 0.29) is 5.75 Å². The second-order valence-corrected chi connectivity index (χ2v) is 4.75. The van der Waals surface area contributed by atoms with Gasteiger partial charge in [0.05, 0.1) is 11.8 Å². The number of unbranched alkanes of at least 4 members (excludes halogenated alkanes) is 1. The summed E-state index contributed by atoms with van der Waals surface area (Å²) in [6, 6.07) is 1.95. The van der Waals surface area contributed by atoms with Gasteiger partial charge < -0.3 is 4.74 Å². The first-order chi connectivity index (χ1) is 6.62. The third-order valence-corrected chi connectivity index (χ3v) is 3.02. The Balaban J connectivity index is 3.58. The van der Waals surface area contributed by atoms with Crippen molar-refractivity contribution in [2.75, 3.05) is 26.0 Å². The van der Waals surface area contributed by atoms with E-state index in [0.29, 0.717) is 32.4 Å². The fourth-order valence-electron chi connectivity index (χ4n) is 0.861. The van der Waals surface area contributed by atoms with Gasteiger partial charge in [-0.1, -0.05) is 0 Å². The van der Waals surface area contributed by atoms with Crippen LogP contribution in [0.3, 0.4) is 0 Å². The zero-order valence-corrected chi connectivity index (χ0v) is 9.14. The van der Waals surface area contributed by atoms with E-state index in [1.54, 1.807) is 0 Å². The lowest BCUT2D eigenvalue weighted by Crippen LogP contribution is -2.27. The molecule has 6 heteroatoms. The number of sulfonamides is 1. The van der Waals surface area contributed by atoms with E-state index in [1.807, 2.05) is 6.07 Å². The lowest BCUT2D eigenvalue weighted by atomic mass is 10.3. The van der Waals surface area contributed by atoms with Crippen LogP contribution in [0.2, 0.25) is 0 Å². The minimum Gasteiger partial charge on any atom is -0.385 e. The minimum absolute atomic E-state index is 0.0768. The molecule has 0 unspecified atom stereocenters. The molecule has 0 aliphatic rings. The molecule has 5 nitrogen and oxygen atoms in total. The van der Waals surface area contributed by atoms with Gasteiger partial charge in [0.1, 0.15) is 0 Å². The predicted molar refractivity (Wildman–Crippen MR) is 53.1 cm³/mol. The van der Waals surface area contributed by atoms with Crippen molar-refractivity contribution in [1.29, 1.82) is 5.26 Å². The van der Waals surface area contributed by atoms with E-state index < -0.39 is 10.0 Å². The summed E-state index contributed by atoms with van der Waals surface area (Å²) in [7, 11) is -1.64. The molecule has 0 aromatic heterocycles. The number of ether oxygens (including phenoxy) is 1. The van der Waals surface area contributed by atoms with Crippen molar-refractivity contribution in [2.24, 2.45) is 0 Å². The Hall–Kier alpha value is -0.640. The van der Waals surface area contributed by atoms with Gasteiger partial charge in [0.2, 0.25) is 10.0 Å². The molecule has 0 aromatic rings. The van der Waals surface area contributed by atoms with Crippen molar-refractivity contribution in [1.82, 2.24) is 4.72 Å². The maximum absolute atomic E-state index is 11.2. The molecule has 14 heavy (non-hydrogen) atoms. The molecule has 82 valence electrons. The molecule has 0 aliphatic carbocycles. The lowest BCUT2D eigenvalue weighted by molar-refractivity contribution is 0.199. The van der Waals surface area contributed by atoms with Crippen LogP contribution in [0.4, 0.5) is 0 Å². The highest BCUT2D eigenvalue weighted by molar-refractivity contribution is 7.89. The summed E-state index contributed by atoms with van der Waals surface area (Å²) in [5, 5.41) is 8.23. The van der Waals surface area contributed by atoms with Gasteiger partial charge in [0.15, 0.2) is 0 Å². The Kier molecular flexibility index (Phi) is 7.38. The van der Waals surface area contributed by atoms with E-state index in [9.17, 15) is 8.42 Å². The highest BCUT2D eigenvalue weighted by Crippen LogP contribution is 1.91. The summed E-state index contributed by atoms with van der Waals surface area (Å²) in [5.74, 6) is 0.0768. The van der Waals surface area contributed by atoms with Crippen LogP contribution in [0, 0.1) is 11.3 Å². The maximum atomic E-state index is 11.2. The van der Waals surface area contributed by atoms with Gasteiger partial charge in [-0.25, -0.2) is 13.1 Å². The quantitative estimate of drug-likeness (QED) is 0.594. The average molecular weight is 220 g/mol. The SMILES string of the molecule is COCCCS(=O)(=O)NCCCC#N. The van der Waals surface area contributed by atoms with Crippen molar-refractivity contribution in [2.45, 2.75) is 19.3 Å². The Morgan fingerprint density at radius 1 is 1.43 bits per heavy atom. The van der Waals surface area contributed by atoms with Crippen LogP contribution in [0.5, 0.6) is 0 Å². The predicted octanol–water partition coefficient (Wildman–Crippen LogP) is 0.246. The smallest absolute Gasteiger partial charge is 0.211 e. The third kappa shape index (κ3) is 7.98. The van der Waals surface area contributed by atoms with Crippen molar-refractivity contribution < 1.29 is 13.2 Å². The molecular formula is C8H16N2O3S. The van der Waals surface area contributed by atoms with E-state index >= 15 is 0 Å².